The van der Waals surface area contributed by atoms with Crippen molar-refractivity contribution in [2.45, 2.75) is 18.8 Å². The summed E-state index contributed by atoms with van der Waals surface area (Å²) in [5.41, 5.74) is 8.70. The molecule has 7 rings (SSSR count). The van der Waals surface area contributed by atoms with Gasteiger partial charge in [-0.2, -0.15) is 0 Å². The van der Waals surface area contributed by atoms with Crippen molar-refractivity contribution in [1.29, 1.82) is 0 Å². The molecule has 2 aromatic heterocycles. The van der Waals surface area contributed by atoms with Crippen molar-refractivity contribution in [2.75, 3.05) is 0 Å². The zero-order valence-electron chi connectivity index (χ0n) is 19.9. The maximum Gasteiger partial charge on any atom is 0.0712 e. The van der Waals surface area contributed by atoms with E-state index in [9.17, 15) is 0 Å². The minimum atomic E-state index is 0.439. The molecule has 36 heavy (non-hydrogen) atoms. The van der Waals surface area contributed by atoms with Gasteiger partial charge in [0.1, 0.15) is 0 Å². The Morgan fingerprint density at radius 2 is 1.56 bits per heavy atom. The number of pyridine rings is 1. The van der Waals surface area contributed by atoms with E-state index in [-0.39, 0.29) is 0 Å². The number of aromatic nitrogens is 1. The predicted octanol–water partition coefficient (Wildman–Crippen LogP) is 9.26. The molecule has 1 unspecified atom stereocenters. The second kappa shape index (κ2) is 8.89. The van der Waals surface area contributed by atoms with Crippen LogP contribution >= 0.6 is 11.3 Å². The Morgan fingerprint density at radius 3 is 2.44 bits per heavy atom. The van der Waals surface area contributed by atoms with E-state index in [1.165, 1.54) is 42.6 Å². The molecule has 0 bridgehead atoms. The van der Waals surface area contributed by atoms with Crippen molar-refractivity contribution in [2.24, 2.45) is 0 Å². The number of rotatable bonds is 4. The average molecular weight is 480 g/mol. The molecule has 0 radical (unpaired) electrons. The summed E-state index contributed by atoms with van der Waals surface area (Å²) in [5.74, 6) is 0.439. The lowest BCUT2D eigenvalue weighted by Crippen LogP contribution is -2.03. The highest BCUT2D eigenvalue weighted by atomic mass is 32.1. The fourth-order valence-electron chi connectivity index (χ4n) is 5.46. The Hall–Kier alpha value is -4.01. The normalized spacial score (nSPS) is 14.8. The third kappa shape index (κ3) is 3.75. The molecule has 0 fully saturated rings. The molecule has 0 aliphatic heterocycles. The molecule has 0 N–H and O–H groups in total. The van der Waals surface area contributed by atoms with Gasteiger partial charge in [0.2, 0.25) is 0 Å². The van der Waals surface area contributed by atoms with Gasteiger partial charge >= 0.3 is 0 Å². The molecule has 2 heteroatoms. The Labute approximate surface area is 215 Å². The Balaban J connectivity index is 1.17. The minimum Gasteiger partial charge on any atom is -0.248 e. The predicted molar refractivity (Wildman–Crippen MR) is 154 cm³/mol. The van der Waals surface area contributed by atoms with Crippen LogP contribution < -0.4 is 0 Å². The summed E-state index contributed by atoms with van der Waals surface area (Å²) in [6, 6.07) is 39.3. The van der Waals surface area contributed by atoms with Crippen LogP contribution in [0.2, 0.25) is 0 Å². The first-order valence-electron chi connectivity index (χ1n) is 12.5. The van der Waals surface area contributed by atoms with E-state index in [0.717, 1.165) is 29.6 Å². The molecule has 0 saturated heterocycles. The molecule has 0 saturated carbocycles. The van der Waals surface area contributed by atoms with Crippen molar-refractivity contribution in [3.8, 4) is 11.3 Å². The van der Waals surface area contributed by atoms with Crippen LogP contribution in [0.15, 0.2) is 115 Å². The molecule has 1 aliphatic carbocycles. The van der Waals surface area contributed by atoms with Gasteiger partial charge in [-0.1, -0.05) is 103 Å². The lowest BCUT2D eigenvalue weighted by Gasteiger charge is -2.19. The number of hydrogen-bond acceptors (Lipinski definition) is 2. The van der Waals surface area contributed by atoms with Crippen LogP contribution in [-0.4, -0.2) is 4.98 Å². The van der Waals surface area contributed by atoms with E-state index in [1.54, 1.807) is 0 Å². The summed E-state index contributed by atoms with van der Waals surface area (Å²) in [6.07, 6.45) is 6.63. The molecule has 4 aromatic carbocycles. The lowest BCUT2D eigenvalue weighted by atomic mass is 9.87. The molecule has 1 aliphatic rings. The monoisotopic (exact) mass is 479 g/mol. The van der Waals surface area contributed by atoms with Crippen molar-refractivity contribution >= 4 is 38.4 Å². The van der Waals surface area contributed by atoms with Crippen LogP contribution in [0.3, 0.4) is 0 Å². The van der Waals surface area contributed by atoms with Gasteiger partial charge in [0.05, 0.1) is 11.2 Å². The number of allylic oxidation sites excluding steroid dienone is 1. The summed E-state index contributed by atoms with van der Waals surface area (Å²) in [6.45, 7) is 0. The Bertz CT molecular complexity index is 1730. The van der Waals surface area contributed by atoms with E-state index in [2.05, 4.69) is 115 Å². The molecular formula is C34H25NS. The van der Waals surface area contributed by atoms with Crippen LogP contribution in [0.25, 0.3) is 38.3 Å². The van der Waals surface area contributed by atoms with Gasteiger partial charge < -0.3 is 0 Å². The van der Waals surface area contributed by atoms with Gasteiger partial charge in [-0.05, 0) is 58.7 Å². The first-order valence-corrected chi connectivity index (χ1v) is 13.4. The fraction of sp³-hybridized carbons (Fsp3) is 0.0882. The zero-order valence-corrected chi connectivity index (χ0v) is 20.7. The van der Waals surface area contributed by atoms with Gasteiger partial charge in [-0.3, -0.25) is 0 Å². The first kappa shape index (κ1) is 21.3. The second-order valence-corrected chi connectivity index (χ2v) is 10.6. The highest BCUT2D eigenvalue weighted by molar-refractivity contribution is 7.19. The third-order valence-electron chi connectivity index (χ3n) is 7.30. The van der Waals surface area contributed by atoms with Crippen LogP contribution in [0.5, 0.6) is 0 Å². The molecule has 6 aromatic rings. The first-order chi connectivity index (χ1) is 17.8. The van der Waals surface area contributed by atoms with Gasteiger partial charge in [0.25, 0.3) is 0 Å². The summed E-state index contributed by atoms with van der Waals surface area (Å²) < 4.78 is 1.38. The van der Waals surface area contributed by atoms with Gasteiger partial charge in [0, 0.05) is 26.4 Å². The van der Waals surface area contributed by atoms with Crippen molar-refractivity contribution in [1.82, 2.24) is 4.98 Å². The van der Waals surface area contributed by atoms with Crippen molar-refractivity contribution < 1.29 is 0 Å². The van der Waals surface area contributed by atoms with E-state index >= 15 is 0 Å². The molecule has 2 heterocycles. The summed E-state index contributed by atoms with van der Waals surface area (Å²) in [5, 5.41) is 2.61. The minimum absolute atomic E-state index is 0.439. The summed E-state index contributed by atoms with van der Waals surface area (Å²) in [7, 11) is 0. The number of hydrogen-bond donors (Lipinski definition) is 0. The smallest absolute Gasteiger partial charge is 0.0712 e. The maximum atomic E-state index is 4.96. The van der Waals surface area contributed by atoms with Crippen molar-refractivity contribution in [3.05, 3.63) is 142 Å². The molecule has 172 valence electrons. The number of fused-ring (bicyclic) bond motifs is 4. The van der Waals surface area contributed by atoms with Crippen LogP contribution in [0.4, 0.5) is 0 Å². The largest absolute Gasteiger partial charge is 0.248 e. The molecule has 1 nitrogen and oxygen atoms in total. The molecule has 1 atom stereocenters. The Kier molecular flexibility index (Phi) is 5.26. The number of nitrogens with zero attached hydrogens (tertiary/aromatic N) is 1. The maximum absolute atomic E-state index is 4.96. The topological polar surface area (TPSA) is 12.9 Å². The third-order valence-corrected chi connectivity index (χ3v) is 8.60. The number of benzene rings is 4. The molecular weight excluding hydrogens is 454 g/mol. The number of thiophene rings is 1. The van der Waals surface area contributed by atoms with Gasteiger partial charge in [-0.25, -0.2) is 4.98 Å². The second-order valence-electron chi connectivity index (χ2n) is 9.53. The van der Waals surface area contributed by atoms with Crippen LogP contribution in [-0.2, 0) is 6.42 Å². The van der Waals surface area contributed by atoms with Crippen molar-refractivity contribution in [3.63, 3.8) is 0 Å². The van der Waals surface area contributed by atoms with Crippen LogP contribution in [0.1, 0.15) is 39.5 Å². The standard InChI is InChI=1S/C34H25NS/c1-2-8-25(9-3-1)31-21-20-27-26(10-6-14-32(27)35-31)22-23-16-18-24(19-17-23)28-12-7-13-30-29-11-4-5-15-33(29)36-34(28)30/h1-11,13-21,28H,12,22H2. The molecule has 0 spiro atoms. The summed E-state index contributed by atoms with van der Waals surface area (Å²) >= 11 is 1.95. The van der Waals surface area contributed by atoms with E-state index in [0.29, 0.717) is 5.92 Å². The SMILES string of the molecule is C1=Cc2c(sc3ccccc23)C(c2ccc(Cc3cccc4nc(-c5ccccc5)ccc34)cc2)C1. The molecule has 0 amide bonds. The fourth-order valence-corrected chi connectivity index (χ4v) is 6.80. The van der Waals surface area contributed by atoms with E-state index < -0.39 is 0 Å². The van der Waals surface area contributed by atoms with E-state index in [4.69, 9.17) is 4.98 Å². The van der Waals surface area contributed by atoms with Crippen LogP contribution in [0, 0.1) is 0 Å². The lowest BCUT2D eigenvalue weighted by molar-refractivity contribution is 0.839. The highest BCUT2D eigenvalue weighted by Crippen LogP contribution is 2.44. The highest BCUT2D eigenvalue weighted by Gasteiger charge is 2.23. The van der Waals surface area contributed by atoms with E-state index in [1.807, 2.05) is 17.4 Å². The van der Waals surface area contributed by atoms with Gasteiger partial charge in [-0.15, -0.1) is 11.3 Å². The summed E-state index contributed by atoms with van der Waals surface area (Å²) in [4.78, 5) is 6.46. The quantitative estimate of drug-likeness (QED) is 0.245. The Morgan fingerprint density at radius 1 is 0.722 bits per heavy atom. The average Bonchev–Trinajstić information content (AvgIpc) is 3.33. The van der Waals surface area contributed by atoms with Gasteiger partial charge in [0.15, 0.2) is 0 Å². The zero-order chi connectivity index (χ0) is 23.9.